The Hall–Kier alpha value is -1.06. The van der Waals surface area contributed by atoms with Gasteiger partial charge in [0, 0.05) is 11.5 Å². The fourth-order valence-corrected chi connectivity index (χ4v) is 2.90. The highest BCUT2D eigenvalue weighted by atomic mass is 16.7. The summed E-state index contributed by atoms with van der Waals surface area (Å²) in [5.41, 5.74) is 1.08. The van der Waals surface area contributed by atoms with Gasteiger partial charge in [0.15, 0.2) is 6.29 Å². The van der Waals surface area contributed by atoms with Crippen molar-refractivity contribution in [1.29, 1.82) is 0 Å². The molecule has 0 N–H and O–H groups in total. The minimum absolute atomic E-state index is 0.237. The lowest BCUT2D eigenvalue weighted by molar-refractivity contribution is -0.243. The normalized spacial score (nSPS) is 24.8. The molecule has 0 radical (unpaired) electrons. The van der Waals surface area contributed by atoms with Crippen LogP contribution in [0.4, 0.5) is 0 Å². The van der Waals surface area contributed by atoms with Crippen LogP contribution in [0.25, 0.3) is 0 Å². The van der Waals surface area contributed by atoms with Gasteiger partial charge in [0.2, 0.25) is 0 Å². The topological polar surface area (TPSA) is 27.7 Å². The molecule has 0 saturated carbocycles. The van der Waals surface area contributed by atoms with Crippen LogP contribution in [0.2, 0.25) is 0 Å². The van der Waals surface area contributed by atoms with Crippen LogP contribution in [0, 0.1) is 11.8 Å². The number of benzene rings is 1. The summed E-state index contributed by atoms with van der Waals surface area (Å²) in [5.74, 6) is 2.10. The van der Waals surface area contributed by atoms with Gasteiger partial charge in [-0.3, -0.25) is 0 Å². The third kappa shape index (κ3) is 5.50. The average molecular weight is 320 g/mol. The molecule has 1 aliphatic heterocycles. The van der Waals surface area contributed by atoms with Crippen molar-refractivity contribution < 1.29 is 14.2 Å². The summed E-state index contributed by atoms with van der Waals surface area (Å²) < 4.78 is 17.9. The maximum atomic E-state index is 6.21. The molecule has 3 heteroatoms. The zero-order valence-electron chi connectivity index (χ0n) is 15.1. The summed E-state index contributed by atoms with van der Waals surface area (Å²) in [6.45, 7) is 10.4. The Labute approximate surface area is 141 Å². The first-order chi connectivity index (χ1) is 11.1. The molecular weight excluding hydrogens is 288 g/mol. The third-order valence-corrected chi connectivity index (χ3v) is 4.50. The van der Waals surface area contributed by atoms with E-state index in [0.29, 0.717) is 17.9 Å². The van der Waals surface area contributed by atoms with Crippen LogP contribution in [0.1, 0.15) is 65.2 Å². The molecular formula is C20H32O3. The van der Waals surface area contributed by atoms with Crippen molar-refractivity contribution in [2.24, 2.45) is 11.8 Å². The Bertz CT molecular complexity index is 441. The minimum Gasteiger partial charge on any atom is -0.494 e. The largest absolute Gasteiger partial charge is 0.494 e. The van der Waals surface area contributed by atoms with E-state index in [4.69, 9.17) is 14.2 Å². The smallest absolute Gasteiger partial charge is 0.184 e. The second-order valence-corrected chi connectivity index (χ2v) is 6.90. The summed E-state index contributed by atoms with van der Waals surface area (Å²) in [4.78, 5) is 0. The Morgan fingerprint density at radius 2 is 1.91 bits per heavy atom. The fraction of sp³-hybridized carbons (Fsp3) is 0.700. The molecule has 3 nitrogen and oxygen atoms in total. The van der Waals surface area contributed by atoms with Crippen LogP contribution < -0.4 is 4.74 Å². The molecule has 1 heterocycles. The van der Waals surface area contributed by atoms with Crippen LogP contribution in [-0.4, -0.2) is 19.3 Å². The molecule has 0 spiro atoms. The lowest BCUT2D eigenvalue weighted by Crippen LogP contribution is -2.35. The number of hydrogen-bond acceptors (Lipinski definition) is 3. The molecule has 0 aromatic heterocycles. The molecule has 1 fully saturated rings. The molecule has 0 amide bonds. The van der Waals surface area contributed by atoms with E-state index >= 15 is 0 Å². The standard InChI is InChI=1S/C20H32O3/c1-5-7-19-16(6-2)14-22-20(23-19)17-8-10-18(11-9-17)21-13-12-15(3)4/h8-11,15-16,19-20H,5-7,12-14H2,1-4H3. The fourth-order valence-electron chi connectivity index (χ4n) is 2.90. The van der Waals surface area contributed by atoms with E-state index in [2.05, 4.69) is 39.8 Å². The van der Waals surface area contributed by atoms with Crippen molar-refractivity contribution in [2.45, 2.75) is 65.8 Å². The van der Waals surface area contributed by atoms with Crippen molar-refractivity contribution in [3.63, 3.8) is 0 Å². The van der Waals surface area contributed by atoms with Crippen molar-refractivity contribution >= 4 is 0 Å². The van der Waals surface area contributed by atoms with Crippen LogP contribution >= 0.6 is 0 Å². The van der Waals surface area contributed by atoms with Crippen LogP contribution in [0.3, 0.4) is 0 Å². The van der Waals surface area contributed by atoms with Gasteiger partial charge < -0.3 is 14.2 Å². The average Bonchev–Trinajstić information content (AvgIpc) is 2.55. The molecule has 1 saturated heterocycles. The maximum absolute atomic E-state index is 6.21. The molecule has 3 unspecified atom stereocenters. The predicted octanol–water partition coefficient (Wildman–Crippen LogP) is 5.35. The van der Waals surface area contributed by atoms with Gasteiger partial charge in [-0.1, -0.05) is 46.2 Å². The molecule has 130 valence electrons. The van der Waals surface area contributed by atoms with Gasteiger partial charge in [0.1, 0.15) is 5.75 Å². The SMILES string of the molecule is CCCC1OC(c2ccc(OCCC(C)C)cc2)OCC1CC. The van der Waals surface area contributed by atoms with Gasteiger partial charge in [0.25, 0.3) is 0 Å². The van der Waals surface area contributed by atoms with Gasteiger partial charge in [-0.05, 0) is 37.3 Å². The zero-order valence-corrected chi connectivity index (χ0v) is 15.1. The highest BCUT2D eigenvalue weighted by molar-refractivity contribution is 5.28. The van der Waals surface area contributed by atoms with Crippen LogP contribution in [0.5, 0.6) is 5.75 Å². The monoisotopic (exact) mass is 320 g/mol. The summed E-state index contributed by atoms with van der Waals surface area (Å²) in [7, 11) is 0. The van der Waals surface area contributed by atoms with Gasteiger partial charge >= 0.3 is 0 Å². The third-order valence-electron chi connectivity index (χ3n) is 4.50. The van der Waals surface area contributed by atoms with Crippen LogP contribution in [-0.2, 0) is 9.47 Å². The van der Waals surface area contributed by atoms with E-state index in [1.807, 2.05) is 12.1 Å². The molecule has 1 aromatic rings. The van der Waals surface area contributed by atoms with Crippen molar-refractivity contribution in [3.05, 3.63) is 29.8 Å². The summed E-state index contributed by atoms with van der Waals surface area (Å²) in [6, 6.07) is 8.15. The second-order valence-electron chi connectivity index (χ2n) is 6.90. The molecule has 1 aliphatic rings. The van der Waals surface area contributed by atoms with Gasteiger partial charge in [-0.2, -0.15) is 0 Å². The first kappa shape index (κ1) is 18.3. The molecule has 1 aromatic carbocycles. The van der Waals surface area contributed by atoms with E-state index < -0.39 is 0 Å². The van der Waals surface area contributed by atoms with E-state index in [9.17, 15) is 0 Å². The van der Waals surface area contributed by atoms with Crippen molar-refractivity contribution in [1.82, 2.24) is 0 Å². The molecule has 2 rings (SSSR count). The van der Waals surface area contributed by atoms with Crippen molar-refractivity contribution in [2.75, 3.05) is 13.2 Å². The number of ether oxygens (including phenoxy) is 3. The lowest BCUT2D eigenvalue weighted by atomic mass is 9.95. The highest BCUT2D eigenvalue weighted by Gasteiger charge is 2.30. The first-order valence-electron chi connectivity index (χ1n) is 9.13. The van der Waals surface area contributed by atoms with E-state index in [1.165, 1.54) is 0 Å². The Kier molecular flexibility index (Phi) is 7.38. The molecule has 23 heavy (non-hydrogen) atoms. The van der Waals surface area contributed by atoms with Crippen molar-refractivity contribution in [3.8, 4) is 5.75 Å². The molecule has 0 aliphatic carbocycles. The zero-order chi connectivity index (χ0) is 16.7. The van der Waals surface area contributed by atoms with Crippen LogP contribution in [0.15, 0.2) is 24.3 Å². The summed E-state index contributed by atoms with van der Waals surface area (Å²) >= 11 is 0. The quantitative estimate of drug-likeness (QED) is 0.646. The first-order valence-corrected chi connectivity index (χ1v) is 9.13. The molecule has 0 bridgehead atoms. The van der Waals surface area contributed by atoms with E-state index in [0.717, 1.165) is 50.2 Å². The highest BCUT2D eigenvalue weighted by Crippen LogP contribution is 2.33. The summed E-state index contributed by atoms with van der Waals surface area (Å²) in [6.07, 6.45) is 4.52. The lowest BCUT2D eigenvalue weighted by Gasteiger charge is -2.36. The number of hydrogen-bond donors (Lipinski definition) is 0. The summed E-state index contributed by atoms with van der Waals surface area (Å²) in [5, 5.41) is 0. The Balaban J connectivity index is 1.91. The predicted molar refractivity (Wildman–Crippen MR) is 93.6 cm³/mol. The van der Waals surface area contributed by atoms with E-state index in [1.54, 1.807) is 0 Å². The Morgan fingerprint density at radius 1 is 1.17 bits per heavy atom. The Morgan fingerprint density at radius 3 is 2.52 bits per heavy atom. The minimum atomic E-state index is -0.237. The van der Waals surface area contributed by atoms with Gasteiger partial charge in [0.05, 0.1) is 19.3 Å². The maximum Gasteiger partial charge on any atom is 0.184 e. The van der Waals surface area contributed by atoms with Gasteiger partial charge in [-0.15, -0.1) is 0 Å². The van der Waals surface area contributed by atoms with Gasteiger partial charge in [-0.25, -0.2) is 0 Å². The van der Waals surface area contributed by atoms with E-state index in [-0.39, 0.29) is 6.29 Å². The number of rotatable bonds is 8. The molecule has 3 atom stereocenters. The second kappa shape index (κ2) is 9.29.